The van der Waals surface area contributed by atoms with Crippen LogP contribution in [0.1, 0.15) is 11.6 Å². The topological polar surface area (TPSA) is 74.2 Å². The van der Waals surface area contributed by atoms with Crippen LogP contribution >= 0.6 is 23.2 Å². The number of phenols is 2. The van der Waals surface area contributed by atoms with E-state index in [1.54, 1.807) is 11.1 Å². The number of hydrogen-bond donors (Lipinski definition) is 2. The molecule has 8 heteroatoms. The van der Waals surface area contributed by atoms with Gasteiger partial charge in [0.2, 0.25) is 4.46 Å². The number of benzene rings is 1. The van der Waals surface area contributed by atoms with Crippen LogP contribution in [0.5, 0.6) is 11.5 Å². The van der Waals surface area contributed by atoms with Crippen LogP contribution in [0.25, 0.3) is 0 Å². The smallest absolute Gasteiger partial charge is 0.230 e. The first-order valence-electron chi connectivity index (χ1n) is 5.06. The van der Waals surface area contributed by atoms with Gasteiger partial charge in [0.25, 0.3) is 0 Å². The molecule has 2 aromatic rings. The minimum Gasteiger partial charge on any atom is -0.508 e. The van der Waals surface area contributed by atoms with Crippen LogP contribution in [-0.2, 0) is 0 Å². The van der Waals surface area contributed by atoms with Gasteiger partial charge in [-0.05, 0) is 12.1 Å². The molecule has 0 bridgehead atoms. The number of halogens is 2. The molecule has 0 aliphatic carbocycles. The molecule has 0 radical (unpaired) electrons. The van der Waals surface area contributed by atoms with Gasteiger partial charge in [-0.3, -0.25) is 5.01 Å². The molecule has 1 fully saturated rings. The van der Waals surface area contributed by atoms with Gasteiger partial charge in [0.15, 0.2) is 0 Å². The Bertz CT molecular complexity index is 588. The molecule has 0 saturated carbocycles. The molecule has 2 N–H and O–H groups in total. The standard InChI is InChI=1S/C10H8Cl2N4O2/c11-10(12)9(16(10)15-4-13-14-5-15)7-2-1-6(17)3-8(7)18/h1-5,9,17-18H. The van der Waals surface area contributed by atoms with Crippen molar-refractivity contribution >= 4 is 23.2 Å². The number of aromatic nitrogens is 3. The zero-order chi connectivity index (χ0) is 12.9. The summed E-state index contributed by atoms with van der Waals surface area (Å²) in [4.78, 5) is 0. The first kappa shape index (κ1) is 11.4. The van der Waals surface area contributed by atoms with E-state index in [-0.39, 0.29) is 11.5 Å². The second-order valence-corrected chi connectivity index (χ2v) is 5.27. The molecule has 0 amide bonds. The Balaban J connectivity index is 1.99. The molecule has 0 spiro atoms. The Hall–Kier alpha value is -1.66. The van der Waals surface area contributed by atoms with Gasteiger partial charge in [-0.15, -0.1) is 10.2 Å². The van der Waals surface area contributed by atoms with Crippen molar-refractivity contribution in [2.24, 2.45) is 0 Å². The monoisotopic (exact) mass is 286 g/mol. The summed E-state index contributed by atoms with van der Waals surface area (Å²) in [5.74, 6) is -0.0938. The van der Waals surface area contributed by atoms with Crippen molar-refractivity contribution in [3.05, 3.63) is 36.4 Å². The average molecular weight is 287 g/mol. The van der Waals surface area contributed by atoms with E-state index in [0.29, 0.717) is 5.56 Å². The fourth-order valence-corrected chi connectivity index (χ4v) is 2.60. The highest BCUT2D eigenvalue weighted by atomic mass is 35.5. The lowest BCUT2D eigenvalue weighted by Crippen LogP contribution is -2.15. The number of aromatic hydroxyl groups is 2. The molecule has 3 rings (SSSR count). The van der Waals surface area contributed by atoms with E-state index in [1.165, 1.54) is 29.5 Å². The fraction of sp³-hybridized carbons (Fsp3) is 0.200. The summed E-state index contributed by atoms with van der Waals surface area (Å²) < 4.78 is 0.355. The van der Waals surface area contributed by atoms with Gasteiger partial charge in [0.1, 0.15) is 30.2 Å². The predicted molar refractivity (Wildman–Crippen MR) is 65.2 cm³/mol. The van der Waals surface area contributed by atoms with E-state index in [1.807, 2.05) is 0 Å². The average Bonchev–Trinajstić information content (AvgIpc) is 2.68. The highest BCUT2D eigenvalue weighted by Gasteiger charge is 2.64. The van der Waals surface area contributed by atoms with E-state index in [9.17, 15) is 10.2 Å². The van der Waals surface area contributed by atoms with Crippen molar-refractivity contribution in [1.29, 1.82) is 0 Å². The predicted octanol–water partition coefficient (Wildman–Crippen LogP) is 1.51. The van der Waals surface area contributed by atoms with Gasteiger partial charge in [0, 0.05) is 11.6 Å². The Labute approximate surface area is 112 Å². The van der Waals surface area contributed by atoms with E-state index < -0.39 is 10.5 Å². The van der Waals surface area contributed by atoms with E-state index >= 15 is 0 Å². The van der Waals surface area contributed by atoms with Gasteiger partial charge in [-0.25, -0.2) is 4.68 Å². The molecule has 18 heavy (non-hydrogen) atoms. The first-order chi connectivity index (χ1) is 8.51. The maximum Gasteiger partial charge on any atom is 0.230 e. The highest BCUT2D eigenvalue weighted by molar-refractivity contribution is 6.52. The Morgan fingerprint density at radius 2 is 1.83 bits per heavy atom. The molecule has 6 nitrogen and oxygen atoms in total. The van der Waals surface area contributed by atoms with E-state index in [4.69, 9.17) is 23.2 Å². The SMILES string of the molecule is Oc1ccc(C2N(n3cnnc3)C2(Cl)Cl)c(O)c1. The summed E-state index contributed by atoms with van der Waals surface area (Å²) in [6.45, 7) is 0. The van der Waals surface area contributed by atoms with Crippen LogP contribution in [0, 0.1) is 0 Å². The van der Waals surface area contributed by atoms with Crippen LogP contribution < -0.4 is 5.01 Å². The fourth-order valence-electron chi connectivity index (χ4n) is 1.91. The molecular weight excluding hydrogens is 279 g/mol. The number of rotatable bonds is 2. The van der Waals surface area contributed by atoms with Crippen LogP contribution in [0.3, 0.4) is 0 Å². The molecule has 1 aliphatic heterocycles. The number of hydrogen-bond acceptors (Lipinski definition) is 5. The zero-order valence-corrected chi connectivity index (χ0v) is 10.4. The zero-order valence-electron chi connectivity index (χ0n) is 8.90. The minimum absolute atomic E-state index is 0.0255. The van der Waals surface area contributed by atoms with E-state index in [2.05, 4.69) is 10.2 Å². The molecule has 1 aromatic carbocycles. The Kier molecular flexibility index (Phi) is 2.33. The largest absolute Gasteiger partial charge is 0.508 e. The summed E-state index contributed by atoms with van der Waals surface area (Å²) in [5, 5.41) is 28.0. The third-order valence-electron chi connectivity index (χ3n) is 2.78. The Morgan fingerprint density at radius 3 is 2.44 bits per heavy atom. The number of nitrogens with zero attached hydrogens (tertiary/aromatic N) is 4. The van der Waals surface area contributed by atoms with Gasteiger partial charge in [-0.2, -0.15) is 0 Å². The second kappa shape index (κ2) is 3.66. The number of phenolic OH excluding ortho intramolecular Hbond substituents is 2. The van der Waals surface area contributed by atoms with Crippen LogP contribution in [0.4, 0.5) is 0 Å². The first-order valence-corrected chi connectivity index (χ1v) is 5.81. The van der Waals surface area contributed by atoms with Crippen molar-refractivity contribution in [2.45, 2.75) is 10.5 Å². The van der Waals surface area contributed by atoms with Gasteiger partial charge < -0.3 is 10.2 Å². The normalized spacial score (nSPS) is 21.0. The summed E-state index contributed by atoms with van der Waals surface area (Å²) in [5.41, 5.74) is 0.520. The molecule has 2 heterocycles. The lowest BCUT2D eigenvalue weighted by molar-refractivity contribution is 0.445. The quantitative estimate of drug-likeness (QED) is 0.497. The lowest BCUT2D eigenvalue weighted by atomic mass is 10.1. The summed E-state index contributed by atoms with van der Waals surface area (Å²) in [6, 6.07) is 3.83. The number of alkyl halides is 2. The molecule has 1 aromatic heterocycles. The maximum atomic E-state index is 9.80. The van der Waals surface area contributed by atoms with E-state index in [0.717, 1.165) is 0 Å². The van der Waals surface area contributed by atoms with Crippen LogP contribution in [0.15, 0.2) is 30.9 Å². The summed E-state index contributed by atoms with van der Waals surface area (Å²) in [7, 11) is 0. The highest BCUT2D eigenvalue weighted by Crippen LogP contribution is 2.58. The van der Waals surface area contributed by atoms with Crippen molar-refractivity contribution in [2.75, 3.05) is 5.01 Å². The summed E-state index contributed by atoms with van der Waals surface area (Å²) in [6.07, 6.45) is 2.91. The van der Waals surface area contributed by atoms with Crippen molar-refractivity contribution < 1.29 is 10.2 Å². The lowest BCUT2D eigenvalue weighted by Gasteiger charge is -2.05. The molecule has 1 aliphatic rings. The maximum absolute atomic E-state index is 9.80. The van der Waals surface area contributed by atoms with Crippen LogP contribution in [0.2, 0.25) is 0 Å². The molecule has 94 valence electrons. The van der Waals surface area contributed by atoms with Crippen molar-refractivity contribution in [3.8, 4) is 11.5 Å². The van der Waals surface area contributed by atoms with Crippen molar-refractivity contribution in [1.82, 2.24) is 14.9 Å². The van der Waals surface area contributed by atoms with Gasteiger partial charge in [0.05, 0.1) is 0 Å². The molecular formula is C10H8Cl2N4O2. The molecule has 1 unspecified atom stereocenters. The minimum atomic E-state index is -1.18. The third-order valence-corrected chi connectivity index (χ3v) is 3.54. The summed E-state index contributed by atoms with van der Waals surface area (Å²) >= 11 is 12.3. The molecule has 1 saturated heterocycles. The molecule has 1 atom stereocenters. The second-order valence-electron chi connectivity index (χ2n) is 3.92. The van der Waals surface area contributed by atoms with Gasteiger partial charge in [-0.1, -0.05) is 23.2 Å². The van der Waals surface area contributed by atoms with Crippen molar-refractivity contribution in [3.63, 3.8) is 0 Å². The van der Waals surface area contributed by atoms with Gasteiger partial charge >= 0.3 is 0 Å². The third kappa shape index (κ3) is 1.57. The Morgan fingerprint density at radius 1 is 1.17 bits per heavy atom. The van der Waals surface area contributed by atoms with Crippen LogP contribution in [-0.4, -0.2) is 29.5 Å².